The molecule has 0 bridgehead atoms. The highest BCUT2D eigenvalue weighted by molar-refractivity contribution is 5.63. The Morgan fingerprint density at radius 1 is 1.36 bits per heavy atom. The van der Waals surface area contributed by atoms with Crippen LogP contribution in [0.3, 0.4) is 0 Å². The number of nitrogen functional groups attached to an aromatic ring is 1. The van der Waals surface area contributed by atoms with Crippen molar-refractivity contribution in [2.24, 2.45) is 5.92 Å². The zero-order valence-corrected chi connectivity index (χ0v) is 8.88. The number of nitrogens with one attached hydrogen (secondary N) is 1. The highest BCUT2D eigenvalue weighted by Crippen LogP contribution is 2.31. The van der Waals surface area contributed by atoms with Crippen LogP contribution in [0.1, 0.15) is 25.3 Å². The summed E-state index contributed by atoms with van der Waals surface area (Å²) in [7, 11) is 0. The van der Waals surface area contributed by atoms with Crippen molar-refractivity contribution < 1.29 is 0 Å². The molecule has 2 nitrogen and oxygen atoms in total. The molecule has 0 saturated heterocycles. The molecular weight excluding hydrogens is 172 g/mol. The molecule has 1 aliphatic rings. The van der Waals surface area contributed by atoms with Crippen molar-refractivity contribution in [1.29, 1.82) is 0 Å². The summed E-state index contributed by atoms with van der Waals surface area (Å²) in [6.45, 7) is 4.37. The molecule has 0 aromatic heterocycles. The van der Waals surface area contributed by atoms with Gasteiger partial charge < -0.3 is 11.1 Å². The molecule has 0 spiro atoms. The van der Waals surface area contributed by atoms with Crippen LogP contribution in [0.15, 0.2) is 18.2 Å². The van der Waals surface area contributed by atoms with Crippen molar-refractivity contribution in [3.05, 3.63) is 23.8 Å². The van der Waals surface area contributed by atoms with Crippen LogP contribution in [-0.2, 0) is 0 Å². The van der Waals surface area contributed by atoms with Crippen LogP contribution in [0.5, 0.6) is 0 Å². The van der Waals surface area contributed by atoms with Crippen molar-refractivity contribution in [3.8, 4) is 0 Å². The zero-order valence-electron chi connectivity index (χ0n) is 8.88. The predicted molar refractivity (Wildman–Crippen MR) is 61.4 cm³/mol. The van der Waals surface area contributed by atoms with Crippen molar-refractivity contribution in [3.63, 3.8) is 0 Å². The number of hydrogen-bond donors (Lipinski definition) is 2. The Balaban J connectivity index is 2.06. The fourth-order valence-corrected chi connectivity index (χ4v) is 2.05. The van der Waals surface area contributed by atoms with E-state index in [1.807, 2.05) is 12.1 Å². The van der Waals surface area contributed by atoms with Gasteiger partial charge in [0.25, 0.3) is 0 Å². The summed E-state index contributed by atoms with van der Waals surface area (Å²) >= 11 is 0. The molecule has 1 fully saturated rings. The lowest BCUT2D eigenvalue weighted by atomic mass is 9.81. The van der Waals surface area contributed by atoms with Crippen LogP contribution in [0.25, 0.3) is 0 Å². The minimum Gasteiger partial charge on any atom is -0.398 e. The van der Waals surface area contributed by atoms with Crippen molar-refractivity contribution in [1.82, 2.24) is 0 Å². The number of anilines is 2. The topological polar surface area (TPSA) is 38.0 Å². The molecule has 3 N–H and O–H groups in total. The van der Waals surface area contributed by atoms with Gasteiger partial charge in [0.15, 0.2) is 0 Å². The van der Waals surface area contributed by atoms with E-state index in [9.17, 15) is 0 Å². The van der Waals surface area contributed by atoms with E-state index < -0.39 is 0 Å². The molecule has 0 atom stereocenters. The molecule has 1 aromatic carbocycles. The first-order valence-electron chi connectivity index (χ1n) is 5.28. The van der Waals surface area contributed by atoms with E-state index in [1.54, 1.807) is 0 Å². The fourth-order valence-electron chi connectivity index (χ4n) is 2.05. The Kier molecular flexibility index (Phi) is 2.36. The Hall–Kier alpha value is -1.18. The Bertz CT molecular complexity index is 327. The molecular formula is C12H18N2. The van der Waals surface area contributed by atoms with Gasteiger partial charge >= 0.3 is 0 Å². The lowest BCUT2D eigenvalue weighted by Gasteiger charge is -2.34. The van der Waals surface area contributed by atoms with Crippen LogP contribution in [0.2, 0.25) is 0 Å². The maximum Gasteiger partial charge on any atom is 0.0392 e. The normalized spacial score (nSPS) is 25.6. The average Bonchev–Trinajstić information content (AvgIpc) is 2.10. The van der Waals surface area contributed by atoms with Gasteiger partial charge in [-0.3, -0.25) is 0 Å². The van der Waals surface area contributed by atoms with E-state index in [4.69, 9.17) is 5.73 Å². The maximum atomic E-state index is 5.84. The monoisotopic (exact) mass is 190 g/mol. The molecule has 0 aliphatic heterocycles. The van der Waals surface area contributed by atoms with Gasteiger partial charge in [-0.05, 0) is 43.4 Å². The Labute approximate surface area is 85.5 Å². The van der Waals surface area contributed by atoms with E-state index in [0.717, 1.165) is 11.6 Å². The minimum atomic E-state index is 0.658. The summed E-state index contributed by atoms with van der Waals surface area (Å²) in [6.07, 6.45) is 2.57. The summed E-state index contributed by atoms with van der Waals surface area (Å²) < 4.78 is 0. The van der Waals surface area contributed by atoms with E-state index in [-0.39, 0.29) is 0 Å². The van der Waals surface area contributed by atoms with Gasteiger partial charge in [0.05, 0.1) is 0 Å². The quantitative estimate of drug-likeness (QED) is 0.704. The van der Waals surface area contributed by atoms with E-state index in [1.165, 1.54) is 24.1 Å². The fraction of sp³-hybridized carbons (Fsp3) is 0.500. The first kappa shape index (κ1) is 9.38. The largest absolute Gasteiger partial charge is 0.398 e. The summed E-state index contributed by atoms with van der Waals surface area (Å²) in [4.78, 5) is 0. The highest BCUT2D eigenvalue weighted by Gasteiger charge is 2.25. The first-order chi connectivity index (χ1) is 6.66. The predicted octanol–water partition coefficient (Wildman–Crippen LogP) is 2.79. The van der Waals surface area contributed by atoms with Gasteiger partial charge in [0.2, 0.25) is 0 Å². The molecule has 1 aromatic rings. The van der Waals surface area contributed by atoms with Gasteiger partial charge in [-0.1, -0.05) is 13.0 Å². The standard InChI is InChI=1S/C12H18N2/c1-8-6-10(7-8)14-12-5-3-4-11(13)9(12)2/h3-5,8,10,14H,6-7,13H2,1-2H3. The Morgan fingerprint density at radius 2 is 2.07 bits per heavy atom. The van der Waals surface area contributed by atoms with Gasteiger partial charge in [-0.25, -0.2) is 0 Å². The molecule has 0 unspecified atom stereocenters. The molecule has 0 amide bonds. The zero-order chi connectivity index (χ0) is 10.1. The molecule has 14 heavy (non-hydrogen) atoms. The summed E-state index contributed by atoms with van der Waals surface area (Å²) in [5.41, 5.74) is 9.09. The van der Waals surface area contributed by atoms with Gasteiger partial charge in [0, 0.05) is 17.4 Å². The van der Waals surface area contributed by atoms with Crippen molar-refractivity contribution in [2.45, 2.75) is 32.7 Å². The maximum absolute atomic E-state index is 5.84. The summed E-state index contributed by atoms with van der Waals surface area (Å²) in [6, 6.07) is 6.72. The summed E-state index contributed by atoms with van der Waals surface area (Å²) in [5.74, 6) is 0.883. The molecule has 1 aliphatic carbocycles. The Morgan fingerprint density at radius 3 is 2.71 bits per heavy atom. The van der Waals surface area contributed by atoms with Gasteiger partial charge in [0.1, 0.15) is 0 Å². The van der Waals surface area contributed by atoms with Crippen LogP contribution in [0.4, 0.5) is 11.4 Å². The van der Waals surface area contributed by atoms with E-state index >= 15 is 0 Å². The second kappa shape index (κ2) is 3.52. The average molecular weight is 190 g/mol. The third-order valence-electron chi connectivity index (χ3n) is 3.11. The molecule has 2 heteroatoms. The third kappa shape index (κ3) is 1.69. The van der Waals surface area contributed by atoms with Crippen LogP contribution in [-0.4, -0.2) is 6.04 Å². The van der Waals surface area contributed by atoms with Crippen LogP contribution in [0, 0.1) is 12.8 Å². The number of nitrogens with two attached hydrogens (primary N) is 1. The number of hydrogen-bond acceptors (Lipinski definition) is 2. The molecule has 1 saturated carbocycles. The van der Waals surface area contributed by atoms with E-state index in [0.29, 0.717) is 6.04 Å². The summed E-state index contributed by atoms with van der Waals surface area (Å²) in [5, 5.41) is 3.54. The number of benzene rings is 1. The lowest BCUT2D eigenvalue weighted by molar-refractivity contribution is 0.309. The SMILES string of the molecule is Cc1c(N)cccc1NC1CC(C)C1. The third-order valence-corrected chi connectivity index (χ3v) is 3.11. The van der Waals surface area contributed by atoms with Crippen LogP contribution < -0.4 is 11.1 Å². The highest BCUT2D eigenvalue weighted by atomic mass is 14.9. The molecule has 76 valence electrons. The van der Waals surface area contributed by atoms with Crippen LogP contribution >= 0.6 is 0 Å². The molecule has 0 heterocycles. The first-order valence-corrected chi connectivity index (χ1v) is 5.28. The minimum absolute atomic E-state index is 0.658. The molecule has 2 rings (SSSR count). The second-order valence-electron chi connectivity index (χ2n) is 4.44. The van der Waals surface area contributed by atoms with E-state index in [2.05, 4.69) is 25.2 Å². The molecule has 0 radical (unpaired) electrons. The van der Waals surface area contributed by atoms with Crippen molar-refractivity contribution in [2.75, 3.05) is 11.1 Å². The van der Waals surface area contributed by atoms with Gasteiger partial charge in [-0.2, -0.15) is 0 Å². The second-order valence-corrected chi connectivity index (χ2v) is 4.44. The lowest BCUT2D eigenvalue weighted by Crippen LogP contribution is -2.34. The number of rotatable bonds is 2. The smallest absolute Gasteiger partial charge is 0.0392 e. The van der Waals surface area contributed by atoms with Gasteiger partial charge in [-0.15, -0.1) is 0 Å². The van der Waals surface area contributed by atoms with Crippen molar-refractivity contribution >= 4 is 11.4 Å².